The second-order valence-corrected chi connectivity index (χ2v) is 7.21. The molecule has 0 aromatic heterocycles. The highest BCUT2D eigenvalue weighted by Gasteiger charge is 2.20. The number of rotatable bonds is 3. The number of hydrogen-bond acceptors (Lipinski definition) is 1. The topological polar surface area (TPSA) is 26.0 Å². The molecule has 1 aliphatic carbocycles. The highest BCUT2D eigenvalue weighted by atomic mass is 79.9. The summed E-state index contributed by atoms with van der Waals surface area (Å²) in [4.78, 5) is 0. The van der Waals surface area contributed by atoms with Crippen LogP contribution >= 0.6 is 31.9 Å². The molecule has 20 heavy (non-hydrogen) atoms. The zero-order valence-corrected chi connectivity index (χ0v) is 14.3. The zero-order chi connectivity index (χ0) is 14.1. The summed E-state index contributed by atoms with van der Waals surface area (Å²) in [5.74, 6) is 0.744. The second kappa shape index (κ2) is 6.00. The Morgan fingerprint density at radius 3 is 2.55 bits per heavy atom. The molecule has 3 rings (SSSR count). The molecule has 1 unspecified atom stereocenters. The molecule has 3 heteroatoms. The van der Waals surface area contributed by atoms with Crippen molar-refractivity contribution in [2.24, 2.45) is 5.73 Å². The lowest BCUT2D eigenvalue weighted by atomic mass is 9.79. The molecule has 2 N–H and O–H groups in total. The average molecular weight is 395 g/mol. The molecule has 0 saturated heterocycles. The van der Waals surface area contributed by atoms with Crippen LogP contribution in [0.15, 0.2) is 51.4 Å². The summed E-state index contributed by atoms with van der Waals surface area (Å²) in [7, 11) is 0. The van der Waals surface area contributed by atoms with Gasteiger partial charge in [-0.1, -0.05) is 62.5 Å². The number of nitrogens with two attached hydrogens (primary N) is 1. The van der Waals surface area contributed by atoms with Crippen molar-refractivity contribution in [2.45, 2.75) is 31.2 Å². The van der Waals surface area contributed by atoms with E-state index in [1.165, 1.54) is 30.4 Å². The second-order valence-electron chi connectivity index (χ2n) is 5.44. The van der Waals surface area contributed by atoms with E-state index in [2.05, 4.69) is 62.2 Å². The SMILES string of the molecule is NC(c1cccc(C2CCC2)c1)c1cc(Br)ccc1Br. The van der Waals surface area contributed by atoms with E-state index in [1.54, 1.807) is 0 Å². The largest absolute Gasteiger partial charge is 0.320 e. The Kier molecular flexibility index (Phi) is 4.29. The van der Waals surface area contributed by atoms with Gasteiger partial charge >= 0.3 is 0 Å². The summed E-state index contributed by atoms with van der Waals surface area (Å²) in [6.45, 7) is 0. The average Bonchev–Trinajstić information content (AvgIpc) is 2.39. The zero-order valence-electron chi connectivity index (χ0n) is 11.2. The van der Waals surface area contributed by atoms with E-state index in [0.717, 1.165) is 20.4 Å². The van der Waals surface area contributed by atoms with Crippen molar-refractivity contribution in [2.75, 3.05) is 0 Å². The van der Waals surface area contributed by atoms with Gasteiger partial charge in [0.15, 0.2) is 0 Å². The summed E-state index contributed by atoms with van der Waals surface area (Å²) in [6.07, 6.45) is 4.00. The molecule has 1 aliphatic rings. The highest BCUT2D eigenvalue weighted by Crippen LogP contribution is 2.38. The molecule has 0 amide bonds. The Balaban J connectivity index is 1.93. The molecule has 1 nitrogen and oxygen atoms in total. The first-order valence-corrected chi connectivity index (χ1v) is 8.54. The predicted molar refractivity (Wildman–Crippen MR) is 90.9 cm³/mol. The third-order valence-electron chi connectivity index (χ3n) is 4.14. The van der Waals surface area contributed by atoms with Crippen molar-refractivity contribution < 1.29 is 0 Å². The summed E-state index contributed by atoms with van der Waals surface area (Å²) in [5, 5.41) is 0. The van der Waals surface area contributed by atoms with E-state index >= 15 is 0 Å². The molecule has 0 spiro atoms. The molecule has 104 valence electrons. The van der Waals surface area contributed by atoms with Gasteiger partial charge in [-0.3, -0.25) is 0 Å². The van der Waals surface area contributed by atoms with Crippen LogP contribution in [0.5, 0.6) is 0 Å². The van der Waals surface area contributed by atoms with E-state index in [9.17, 15) is 0 Å². The Hall–Kier alpha value is -0.640. The number of benzene rings is 2. The van der Waals surface area contributed by atoms with Crippen LogP contribution < -0.4 is 5.73 Å². The maximum atomic E-state index is 6.46. The first-order chi connectivity index (χ1) is 9.65. The molecule has 0 heterocycles. The van der Waals surface area contributed by atoms with Crippen molar-refractivity contribution in [3.63, 3.8) is 0 Å². The van der Waals surface area contributed by atoms with Crippen LogP contribution in [0.1, 0.15) is 47.9 Å². The quantitative estimate of drug-likeness (QED) is 0.727. The van der Waals surface area contributed by atoms with Gasteiger partial charge in [-0.2, -0.15) is 0 Å². The van der Waals surface area contributed by atoms with Crippen molar-refractivity contribution in [1.29, 1.82) is 0 Å². The van der Waals surface area contributed by atoms with Crippen LogP contribution in [-0.4, -0.2) is 0 Å². The normalized spacial score (nSPS) is 16.8. The molecule has 2 aromatic carbocycles. The first kappa shape index (κ1) is 14.3. The van der Waals surface area contributed by atoms with E-state index in [-0.39, 0.29) is 6.04 Å². The summed E-state index contributed by atoms with van der Waals surface area (Å²) in [5.41, 5.74) is 10.2. The standard InChI is InChI=1S/C17H17Br2N/c18-14-7-8-16(19)15(10-14)17(20)13-6-2-5-12(9-13)11-3-1-4-11/h2,5-11,17H,1,3-4,20H2. The van der Waals surface area contributed by atoms with Gasteiger partial charge < -0.3 is 5.73 Å². The number of hydrogen-bond donors (Lipinski definition) is 1. The molecule has 0 bridgehead atoms. The number of halogens is 2. The molecule has 1 fully saturated rings. The summed E-state index contributed by atoms with van der Waals surface area (Å²) >= 11 is 7.12. The van der Waals surface area contributed by atoms with Gasteiger partial charge in [0, 0.05) is 8.95 Å². The maximum absolute atomic E-state index is 6.46. The fourth-order valence-corrected chi connectivity index (χ4v) is 3.55. The van der Waals surface area contributed by atoms with Crippen molar-refractivity contribution in [1.82, 2.24) is 0 Å². The molecular weight excluding hydrogens is 378 g/mol. The van der Waals surface area contributed by atoms with Crippen LogP contribution in [0, 0.1) is 0 Å². The minimum absolute atomic E-state index is 0.0955. The van der Waals surface area contributed by atoms with Crippen LogP contribution in [0.3, 0.4) is 0 Å². The van der Waals surface area contributed by atoms with Crippen molar-refractivity contribution >= 4 is 31.9 Å². The van der Waals surface area contributed by atoms with E-state index in [1.807, 2.05) is 12.1 Å². The lowest BCUT2D eigenvalue weighted by Crippen LogP contribution is -2.14. The fourth-order valence-electron chi connectivity index (χ4n) is 2.68. The van der Waals surface area contributed by atoms with Crippen molar-refractivity contribution in [3.05, 3.63) is 68.1 Å². The van der Waals surface area contributed by atoms with Gasteiger partial charge in [-0.15, -0.1) is 0 Å². The smallest absolute Gasteiger partial charge is 0.0563 e. The Bertz CT molecular complexity index is 620. The van der Waals surface area contributed by atoms with Gasteiger partial charge in [0.05, 0.1) is 6.04 Å². The monoisotopic (exact) mass is 393 g/mol. The molecule has 0 radical (unpaired) electrons. The molecule has 1 saturated carbocycles. The Morgan fingerprint density at radius 2 is 1.85 bits per heavy atom. The highest BCUT2D eigenvalue weighted by molar-refractivity contribution is 9.11. The maximum Gasteiger partial charge on any atom is 0.0563 e. The summed E-state index contributed by atoms with van der Waals surface area (Å²) in [6, 6.07) is 14.8. The van der Waals surface area contributed by atoms with E-state index < -0.39 is 0 Å². The van der Waals surface area contributed by atoms with Gasteiger partial charge in [-0.05, 0) is 53.6 Å². The predicted octanol–water partition coefficient (Wildman–Crippen LogP) is 5.53. The molecular formula is C17H17Br2N. The van der Waals surface area contributed by atoms with Crippen LogP contribution in [0.4, 0.5) is 0 Å². The molecule has 0 aliphatic heterocycles. The Labute approximate surface area is 136 Å². The van der Waals surface area contributed by atoms with Gasteiger partial charge in [0.2, 0.25) is 0 Å². The Morgan fingerprint density at radius 1 is 1.05 bits per heavy atom. The minimum atomic E-state index is -0.0955. The molecule has 2 aromatic rings. The first-order valence-electron chi connectivity index (χ1n) is 6.95. The van der Waals surface area contributed by atoms with Gasteiger partial charge in [0.25, 0.3) is 0 Å². The summed E-state index contributed by atoms with van der Waals surface area (Å²) < 4.78 is 2.11. The third kappa shape index (κ3) is 2.85. The van der Waals surface area contributed by atoms with Gasteiger partial charge in [-0.25, -0.2) is 0 Å². The third-order valence-corrected chi connectivity index (χ3v) is 5.35. The fraction of sp³-hybridized carbons (Fsp3) is 0.294. The van der Waals surface area contributed by atoms with Crippen molar-refractivity contribution in [3.8, 4) is 0 Å². The van der Waals surface area contributed by atoms with Crippen LogP contribution in [0.25, 0.3) is 0 Å². The van der Waals surface area contributed by atoms with E-state index in [4.69, 9.17) is 5.73 Å². The van der Waals surface area contributed by atoms with Crippen LogP contribution in [0.2, 0.25) is 0 Å². The lowest BCUT2D eigenvalue weighted by Gasteiger charge is -2.26. The van der Waals surface area contributed by atoms with Crippen LogP contribution in [-0.2, 0) is 0 Å². The molecule has 1 atom stereocenters. The van der Waals surface area contributed by atoms with E-state index in [0.29, 0.717) is 0 Å². The van der Waals surface area contributed by atoms with Gasteiger partial charge in [0.1, 0.15) is 0 Å². The minimum Gasteiger partial charge on any atom is -0.320 e. The lowest BCUT2D eigenvalue weighted by molar-refractivity contribution is 0.419.